The summed E-state index contributed by atoms with van der Waals surface area (Å²) in [4.78, 5) is 10.8. The third-order valence-corrected chi connectivity index (χ3v) is 4.98. The third-order valence-electron chi connectivity index (χ3n) is 3.16. The first-order valence-electron chi connectivity index (χ1n) is 6.72. The van der Waals surface area contributed by atoms with Gasteiger partial charge in [0.1, 0.15) is 5.75 Å². The number of halogens is 6. The number of alkyl halides is 6. The first kappa shape index (κ1) is 21.2. The third kappa shape index (κ3) is 5.59. The van der Waals surface area contributed by atoms with Gasteiger partial charge in [-0.1, -0.05) is 13.0 Å². The largest absolute Gasteiger partial charge is 0.416 e. The van der Waals surface area contributed by atoms with Crippen LogP contribution in [0.25, 0.3) is 0 Å². The number of nitrogens with two attached hydrogens (primary N) is 1. The molecule has 0 spiro atoms. The standard InChI is InChI=1S/C13H14F6N2O3S/c1-2-21(25(23,24)7-11(20)22)6-8-3-4-9(12(14,15)16)5-10(8)13(17,18)19/h3-5H,2,6-7H2,1H3,(H2,20,22). The molecule has 0 saturated heterocycles. The number of carbonyl (C=O) groups excluding carboxylic acids is 1. The molecule has 0 fully saturated rings. The number of hydrogen-bond acceptors (Lipinski definition) is 3. The van der Waals surface area contributed by atoms with Gasteiger partial charge in [-0.05, 0) is 17.7 Å². The van der Waals surface area contributed by atoms with Crippen molar-refractivity contribution in [3.8, 4) is 0 Å². The number of sulfonamides is 1. The predicted molar refractivity (Wildman–Crippen MR) is 75.5 cm³/mol. The molecule has 25 heavy (non-hydrogen) atoms. The van der Waals surface area contributed by atoms with Crippen LogP contribution in [0.15, 0.2) is 18.2 Å². The molecule has 0 aromatic heterocycles. The van der Waals surface area contributed by atoms with Crippen LogP contribution >= 0.6 is 0 Å². The lowest BCUT2D eigenvalue weighted by Gasteiger charge is -2.22. The van der Waals surface area contributed by atoms with Crippen LogP contribution in [0.3, 0.4) is 0 Å². The zero-order chi connectivity index (χ0) is 19.6. The Hall–Kier alpha value is -1.82. The van der Waals surface area contributed by atoms with Gasteiger partial charge in [0.05, 0.1) is 11.1 Å². The summed E-state index contributed by atoms with van der Waals surface area (Å²) < 4.78 is 101. The summed E-state index contributed by atoms with van der Waals surface area (Å²) in [5, 5.41) is 0. The molecular formula is C13H14F6N2O3S. The number of benzene rings is 1. The quantitative estimate of drug-likeness (QED) is 0.755. The minimum atomic E-state index is -5.12. The number of amides is 1. The van der Waals surface area contributed by atoms with Crippen molar-refractivity contribution in [3.05, 3.63) is 34.9 Å². The number of primary amides is 1. The van der Waals surface area contributed by atoms with Crippen LogP contribution in [-0.4, -0.2) is 30.9 Å². The average molecular weight is 392 g/mol. The molecular weight excluding hydrogens is 378 g/mol. The summed E-state index contributed by atoms with van der Waals surface area (Å²) in [5.41, 5.74) is 1.00. The van der Waals surface area contributed by atoms with Crippen molar-refractivity contribution in [1.29, 1.82) is 0 Å². The summed E-state index contributed by atoms with van der Waals surface area (Å²) in [6.45, 7) is 0.156. The van der Waals surface area contributed by atoms with E-state index in [0.717, 1.165) is 0 Å². The predicted octanol–water partition coefficient (Wildman–Crippen LogP) is 2.36. The van der Waals surface area contributed by atoms with Crippen LogP contribution in [-0.2, 0) is 33.7 Å². The van der Waals surface area contributed by atoms with E-state index < -0.39 is 57.3 Å². The monoisotopic (exact) mass is 392 g/mol. The number of nitrogens with zero attached hydrogens (tertiary/aromatic N) is 1. The lowest BCUT2D eigenvalue weighted by Crippen LogP contribution is -2.37. The van der Waals surface area contributed by atoms with Crippen molar-refractivity contribution in [3.63, 3.8) is 0 Å². The molecule has 0 aliphatic carbocycles. The van der Waals surface area contributed by atoms with Gasteiger partial charge >= 0.3 is 12.4 Å². The Labute approximate surface area is 139 Å². The van der Waals surface area contributed by atoms with Crippen LogP contribution in [0.1, 0.15) is 23.6 Å². The second-order valence-corrected chi connectivity index (χ2v) is 6.99. The van der Waals surface area contributed by atoms with Gasteiger partial charge < -0.3 is 5.73 Å². The molecule has 12 heteroatoms. The zero-order valence-corrected chi connectivity index (χ0v) is 13.6. The van der Waals surface area contributed by atoms with Gasteiger partial charge in [-0.3, -0.25) is 4.79 Å². The fourth-order valence-electron chi connectivity index (χ4n) is 2.02. The molecule has 0 aliphatic heterocycles. The highest BCUT2D eigenvalue weighted by Crippen LogP contribution is 2.37. The smallest absolute Gasteiger partial charge is 0.369 e. The van der Waals surface area contributed by atoms with Gasteiger partial charge in [-0.2, -0.15) is 30.6 Å². The molecule has 0 bridgehead atoms. The molecule has 0 radical (unpaired) electrons. The van der Waals surface area contributed by atoms with Crippen molar-refractivity contribution < 1.29 is 39.6 Å². The molecule has 0 heterocycles. The van der Waals surface area contributed by atoms with E-state index in [2.05, 4.69) is 0 Å². The molecule has 0 aliphatic rings. The lowest BCUT2D eigenvalue weighted by molar-refractivity contribution is -0.143. The van der Waals surface area contributed by atoms with Crippen LogP contribution < -0.4 is 5.73 Å². The zero-order valence-electron chi connectivity index (χ0n) is 12.8. The number of hydrogen-bond donors (Lipinski definition) is 1. The van der Waals surface area contributed by atoms with Gasteiger partial charge in [0.25, 0.3) is 0 Å². The van der Waals surface area contributed by atoms with Gasteiger partial charge in [0.2, 0.25) is 15.9 Å². The fraction of sp³-hybridized carbons (Fsp3) is 0.462. The first-order chi connectivity index (χ1) is 11.2. The van der Waals surface area contributed by atoms with Gasteiger partial charge in [0.15, 0.2) is 0 Å². The summed E-state index contributed by atoms with van der Waals surface area (Å²) in [7, 11) is -4.30. The Balaban J connectivity index is 3.35. The highest BCUT2D eigenvalue weighted by molar-refractivity contribution is 7.89. The van der Waals surface area contributed by atoms with Gasteiger partial charge in [-0.15, -0.1) is 0 Å². The summed E-state index contributed by atoms with van der Waals surface area (Å²) >= 11 is 0. The SMILES string of the molecule is CCN(Cc1ccc(C(F)(F)F)cc1C(F)(F)F)S(=O)(=O)CC(N)=O. The normalized spacial score (nSPS) is 13.3. The maximum atomic E-state index is 13.1. The van der Waals surface area contributed by atoms with E-state index in [9.17, 15) is 39.6 Å². The maximum absolute atomic E-state index is 13.1. The highest BCUT2D eigenvalue weighted by atomic mass is 32.2. The first-order valence-corrected chi connectivity index (χ1v) is 8.33. The van der Waals surface area contributed by atoms with E-state index in [-0.39, 0.29) is 12.6 Å². The second kappa shape index (κ2) is 7.20. The van der Waals surface area contributed by atoms with Crippen molar-refractivity contribution in [2.45, 2.75) is 25.8 Å². The Bertz CT molecular complexity index is 743. The molecule has 5 nitrogen and oxygen atoms in total. The van der Waals surface area contributed by atoms with Crippen molar-refractivity contribution in [1.82, 2.24) is 4.31 Å². The molecule has 1 aromatic rings. The summed E-state index contributed by atoms with van der Waals surface area (Å²) in [5.74, 6) is -2.33. The van der Waals surface area contributed by atoms with E-state index in [1.807, 2.05) is 0 Å². The second-order valence-electron chi connectivity index (χ2n) is 5.02. The maximum Gasteiger partial charge on any atom is 0.416 e. The molecule has 1 aromatic carbocycles. The number of rotatable bonds is 6. The van der Waals surface area contributed by atoms with Crippen LogP contribution in [0.2, 0.25) is 0 Å². The summed E-state index contributed by atoms with van der Waals surface area (Å²) in [6.07, 6.45) is -10.1. The molecule has 2 N–H and O–H groups in total. The Kier molecular flexibility index (Phi) is 6.11. The molecule has 1 amide bonds. The van der Waals surface area contributed by atoms with Crippen LogP contribution in [0.5, 0.6) is 0 Å². The minimum Gasteiger partial charge on any atom is -0.369 e. The highest BCUT2D eigenvalue weighted by Gasteiger charge is 2.38. The van der Waals surface area contributed by atoms with Crippen LogP contribution in [0, 0.1) is 0 Å². The van der Waals surface area contributed by atoms with Crippen molar-refractivity contribution in [2.24, 2.45) is 5.73 Å². The Morgan fingerprint density at radius 2 is 1.68 bits per heavy atom. The van der Waals surface area contributed by atoms with E-state index >= 15 is 0 Å². The van der Waals surface area contributed by atoms with E-state index in [1.165, 1.54) is 6.92 Å². The molecule has 0 atom stereocenters. The van der Waals surface area contributed by atoms with Gasteiger partial charge in [-0.25, -0.2) is 8.42 Å². The van der Waals surface area contributed by atoms with E-state index in [4.69, 9.17) is 5.73 Å². The Morgan fingerprint density at radius 3 is 2.08 bits per heavy atom. The molecule has 1 rings (SSSR count). The minimum absolute atomic E-state index is 0.0795. The van der Waals surface area contributed by atoms with Gasteiger partial charge in [0, 0.05) is 13.1 Å². The molecule has 0 unspecified atom stereocenters. The molecule has 0 saturated carbocycles. The van der Waals surface area contributed by atoms with Crippen molar-refractivity contribution in [2.75, 3.05) is 12.3 Å². The Morgan fingerprint density at radius 1 is 1.12 bits per heavy atom. The summed E-state index contributed by atoms with van der Waals surface area (Å²) in [6, 6.07) is 0.914. The van der Waals surface area contributed by atoms with E-state index in [1.54, 1.807) is 0 Å². The topological polar surface area (TPSA) is 80.5 Å². The van der Waals surface area contributed by atoms with Crippen LogP contribution in [0.4, 0.5) is 26.3 Å². The fourth-order valence-corrected chi connectivity index (χ4v) is 3.29. The van der Waals surface area contributed by atoms with E-state index in [0.29, 0.717) is 16.4 Å². The molecule has 142 valence electrons. The van der Waals surface area contributed by atoms with Crippen molar-refractivity contribution >= 4 is 15.9 Å². The number of carbonyl (C=O) groups is 1. The lowest BCUT2D eigenvalue weighted by atomic mass is 10.0. The average Bonchev–Trinajstić information content (AvgIpc) is 2.40.